The molecule has 0 aromatic heterocycles. The van der Waals surface area contributed by atoms with Crippen LogP contribution in [0.1, 0.15) is 55.6 Å². The van der Waals surface area contributed by atoms with Gasteiger partial charge in [-0.05, 0) is 264 Å². The summed E-state index contributed by atoms with van der Waals surface area (Å²) < 4.78 is 129. The Labute approximate surface area is 757 Å². The second kappa shape index (κ2) is 34.0. The Balaban J connectivity index is 0.000000170. The minimum atomic E-state index is -0.777. The zero-order valence-electron chi connectivity index (χ0n) is 72.6. The number of rotatable bonds is 16. The van der Waals surface area contributed by atoms with Crippen LogP contribution in [0.3, 0.4) is 0 Å². The van der Waals surface area contributed by atoms with Crippen LogP contribution in [0.25, 0.3) is 119 Å². The molecule has 0 amide bonds. The van der Waals surface area contributed by atoms with E-state index in [-0.39, 0.29) is 22.7 Å². The Hall–Kier alpha value is -16.9. The highest BCUT2D eigenvalue weighted by Crippen LogP contribution is 2.56. The fourth-order valence-electron chi connectivity index (χ4n) is 18.7. The molecule has 0 unspecified atom stereocenters. The number of hydrogen-bond donors (Lipinski definition) is 0. The van der Waals surface area contributed by atoms with E-state index in [2.05, 4.69) is 21.8 Å². The van der Waals surface area contributed by atoms with Crippen molar-refractivity contribution < 1.29 is 35.1 Å². The summed E-state index contributed by atoms with van der Waals surface area (Å²) in [6.07, 6.45) is 0. The van der Waals surface area contributed by atoms with Crippen LogP contribution >= 0.6 is 0 Å². The predicted octanol–water partition coefficient (Wildman–Crippen LogP) is 34.1. The number of anilines is 12. The fourth-order valence-corrected chi connectivity index (χ4v) is 18.7. The van der Waals surface area contributed by atoms with Crippen molar-refractivity contribution in [2.75, 3.05) is 19.6 Å². The average molecular weight is 1730 g/mol. The Morgan fingerprint density at radius 2 is 0.485 bits per heavy atom. The number of aryl methyl sites for hydroxylation is 8. The Bertz CT molecular complexity index is 7760. The monoisotopic (exact) mass is 1730 g/mol. The maximum Gasteiger partial charge on any atom is 0.187 e. The Kier molecular flexibility index (Phi) is 21.8. The first-order valence-electron chi connectivity index (χ1n) is 42.7. The third-order valence-corrected chi connectivity index (χ3v) is 24.9. The average Bonchev–Trinajstić information content (AvgIpc) is 0.717. The Morgan fingerprint density at radius 1 is 0.242 bits per heavy atom. The van der Waals surface area contributed by atoms with Gasteiger partial charge >= 0.3 is 0 Å². The van der Waals surface area contributed by atoms with Gasteiger partial charge in [0.15, 0.2) is 34.6 Å². The molecule has 0 atom stereocenters. The number of halogens is 8. The highest BCUT2D eigenvalue weighted by molar-refractivity contribution is 6.30. The van der Waals surface area contributed by atoms with Gasteiger partial charge in [0.25, 0.3) is 0 Å². The molecule has 0 saturated carbocycles. The summed E-state index contributed by atoms with van der Waals surface area (Å²) in [5, 5.41) is 29.4. The van der Waals surface area contributed by atoms with Gasteiger partial charge < -0.3 is 19.6 Å². The smallest absolute Gasteiger partial charge is 0.187 e. The molecule has 0 radical (unpaired) electrons. The fraction of sp³-hybridized carbons (Fsp3) is 0.0690. The number of benzene rings is 20. The topological polar surface area (TPSA) is 69.3 Å². The highest BCUT2D eigenvalue weighted by atomic mass is 19.2. The molecule has 0 aliphatic heterocycles. The van der Waals surface area contributed by atoms with Crippen molar-refractivity contribution >= 4 is 144 Å². The van der Waals surface area contributed by atoms with Crippen LogP contribution < -0.4 is 19.6 Å². The normalized spacial score (nSPS) is 11.3. The molecule has 0 aliphatic carbocycles. The highest BCUT2D eigenvalue weighted by Gasteiger charge is 2.33. The third-order valence-electron chi connectivity index (χ3n) is 24.9. The van der Waals surface area contributed by atoms with E-state index in [9.17, 15) is 10.5 Å². The van der Waals surface area contributed by atoms with Crippen LogP contribution in [0.5, 0.6) is 0 Å². The standard InChI is InChI=1S/2C58H38F4N4/c1-33-22-34(2)25-40(24-33)49-28-42(59)30-51(61)57(49)65(45-14-6-37(32-63)7-15-45)53-20-10-38-9-19-48-54(21-11-39-8-18-47(53)55(38)56(39)48)66(46-16-12-44(64-5)13-17-46)58-50(29-43(60)31-52(58)62)41-26-35(3)23-36(4)27-41;1-33-6-10-40(26-35(33)3)49-28-42(59)30-51(61)57(49)65(45-18-8-37(32-63)9-19-45)53-24-14-38-13-23-48-54(25-15-39-12-22-47(53)55(38)56(39)48)66(46-20-16-44(64-5)17-21-46)58-50(29-43(60)31-52(58)62)41-11-7-34(2)36(4)27-41/h2*6-31H,1-4H3. The summed E-state index contributed by atoms with van der Waals surface area (Å²) in [5.74, 6) is -5.99. The van der Waals surface area contributed by atoms with E-state index in [4.69, 9.17) is 13.1 Å². The van der Waals surface area contributed by atoms with Crippen LogP contribution in [0.15, 0.2) is 315 Å². The lowest BCUT2D eigenvalue weighted by atomic mass is 9.91. The van der Waals surface area contributed by atoms with Crippen molar-refractivity contribution in [1.82, 2.24) is 0 Å². The van der Waals surface area contributed by atoms with Crippen molar-refractivity contribution in [2.24, 2.45) is 0 Å². The van der Waals surface area contributed by atoms with Gasteiger partial charge in [-0.25, -0.2) is 44.8 Å². The molecule has 16 heteroatoms. The maximum atomic E-state index is 16.9. The Morgan fingerprint density at radius 3 is 0.727 bits per heavy atom. The lowest BCUT2D eigenvalue weighted by molar-refractivity contribution is 0.584. The summed E-state index contributed by atoms with van der Waals surface area (Å²) >= 11 is 0. The van der Waals surface area contributed by atoms with Crippen LogP contribution in [0, 0.1) is 138 Å². The van der Waals surface area contributed by atoms with Crippen molar-refractivity contribution in [3.63, 3.8) is 0 Å². The van der Waals surface area contributed by atoms with Crippen molar-refractivity contribution in [2.45, 2.75) is 55.4 Å². The van der Waals surface area contributed by atoms with Gasteiger partial charge in [0, 0.05) is 90.8 Å². The second-order valence-electron chi connectivity index (χ2n) is 33.6. The predicted molar refractivity (Wildman–Crippen MR) is 520 cm³/mol. The summed E-state index contributed by atoms with van der Waals surface area (Å²) in [6.45, 7) is 30.9. The van der Waals surface area contributed by atoms with Crippen LogP contribution in [-0.4, -0.2) is 0 Å². The van der Waals surface area contributed by atoms with Gasteiger partial charge in [-0.2, -0.15) is 10.5 Å². The minimum Gasteiger partial charge on any atom is -0.307 e. The lowest BCUT2D eigenvalue weighted by Crippen LogP contribution is -2.15. The van der Waals surface area contributed by atoms with Gasteiger partial charge in [-0.3, -0.25) is 0 Å². The van der Waals surface area contributed by atoms with E-state index in [1.807, 2.05) is 225 Å². The van der Waals surface area contributed by atoms with Gasteiger partial charge in [-0.1, -0.05) is 192 Å². The van der Waals surface area contributed by atoms with E-state index in [0.717, 1.165) is 133 Å². The van der Waals surface area contributed by atoms with Gasteiger partial charge in [0.1, 0.15) is 23.3 Å². The van der Waals surface area contributed by atoms with E-state index in [1.54, 1.807) is 117 Å². The molecule has 20 aromatic carbocycles. The maximum absolute atomic E-state index is 16.9. The summed E-state index contributed by atoms with van der Waals surface area (Å²) in [5.41, 5.74) is 18.4. The lowest BCUT2D eigenvalue weighted by Gasteiger charge is -2.31. The number of nitriles is 2. The summed E-state index contributed by atoms with van der Waals surface area (Å²) in [6, 6.07) is 95.3. The molecule has 0 aliphatic rings. The first kappa shape index (κ1) is 84.6. The van der Waals surface area contributed by atoms with Gasteiger partial charge in [0.05, 0.1) is 81.9 Å². The number of hydrogen-bond acceptors (Lipinski definition) is 6. The first-order valence-corrected chi connectivity index (χ1v) is 42.7. The molecule has 0 bridgehead atoms. The SMILES string of the molecule is [C-]#[N+]c1ccc(N(c2c(F)cc(F)cc2-c2cc(C)cc(C)c2)c2ccc3ccc4c(N(c5ccc(C#N)cc5)c5c(F)cc(F)cc5-c5cc(C)cc(C)c5)ccc5ccc2c3c54)cc1.[C-]#[N+]c1ccc(N(c2c(F)cc(F)cc2-c2ccc(C)c(C)c2)c2ccc3ccc4c(N(c5ccc(C#N)cc5)c5c(F)cc(F)cc5-c5ccc(C)c(C)c5)ccc5ccc2c3c54)cc1. The van der Waals surface area contributed by atoms with Crippen molar-refractivity contribution in [1.29, 1.82) is 10.5 Å². The minimum absolute atomic E-state index is 0.125. The zero-order valence-corrected chi connectivity index (χ0v) is 72.6. The van der Waals surface area contributed by atoms with E-state index >= 15 is 35.1 Å². The van der Waals surface area contributed by atoms with Crippen LogP contribution in [0.2, 0.25) is 0 Å². The van der Waals surface area contributed by atoms with E-state index in [0.29, 0.717) is 113 Å². The van der Waals surface area contributed by atoms with Crippen molar-refractivity contribution in [3.8, 4) is 56.6 Å². The zero-order chi connectivity index (χ0) is 91.9. The molecule has 8 nitrogen and oxygen atoms in total. The summed E-state index contributed by atoms with van der Waals surface area (Å²) in [4.78, 5) is 14.3. The molecular weight excluding hydrogens is 1660 g/mol. The summed E-state index contributed by atoms with van der Waals surface area (Å²) in [7, 11) is 0. The molecule has 20 aromatic rings. The molecule has 0 spiro atoms. The van der Waals surface area contributed by atoms with Gasteiger partial charge in [0.2, 0.25) is 0 Å². The molecule has 0 fully saturated rings. The molecule has 0 heterocycles. The van der Waals surface area contributed by atoms with Crippen molar-refractivity contribution in [3.05, 3.63) is 440 Å². The van der Waals surface area contributed by atoms with Crippen LogP contribution in [0.4, 0.5) is 115 Å². The molecule has 0 saturated heterocycles. The van der Waals surface area contributed by atoms with E-state index < -0.39 is 46.5 Å². The first-order chi connectivity index (χ1) is 63.8. The van der Waals surface area contributed by atoms with Gasteiger partial charge in [-0.15, -0.1) is 0 Å². The number of nitrogens with zero attached hydrogens (tertiary/aromatic N) is 8. The van der Waals surface area contributed by atoms with E-state index in [1.165, 1.54) is 24.3 Å². The third kappa shape index (κ3) is 15.3. The molecule has 636 valence electrons. The molecule has 20 rings (SSSR count). The molecule has 132 heavy (non-hydrogen) atoms. The molecule has 0 N–H and O–H groups in total. The quantitative estimate of drug-likeness (QED) is 0.0545. The molecular formula is C116H76F8N8. The largest absolute Gasteiger partial charge is 0.307 e. The second-order valence-corrected chi connectivity index (χ2v) is 33.6. The van der Waals surface area contributed by atoms with Crippen LogP contribution in [-0.2, 0) is 0 Å².